The Kier molecular flexibility index (Phi) is 10.6. The number of carbonyl (C=O) groups is 2. The zero-order chi connectivity index (χ0) is 29.4. The molecule has 0 bridgehead atoms. The highest BCUT2D eigenvalue weighted by atomic mass is 79.9. The third kappa shape index (κ3) is 8.20. The first-order chi connectivity index (χ1) is 19.6. The first kappa shape index (κ1) is 30.8. The maximum atomic E-state index is 14.0. The number of carbonyl (C=O) groups excluding carboxylic acids is 2. The molecule has 0 saturated heterocycles. The molecular formula is C32H38BrN3O4S. The monoisotopic (exact) mass is 639 g/mol. The average Bonchev–Trinajstić information content (AvgIpc) is 2.97. The molecule has 3 aromatic carbocycles. The fourth-order valence-corrected chi connectivity index (χ4v) is 6.79. The van der Waals surface area contributed by atoms with Crippen molar-refractivity contribution < 1.29 is 18.0 Å². The summed E-state index contributed by atoms with van der Waals surface area (Å²) >= 11 is 3.40. The van der Waals surface area contributed by atoms with Crippen molar-refractivity contribution in [2.75, 3.05) is 17.4 Å². The number of benzene rings is 3. The van der Waals surface area contributed by atoms with E-state index >= 15 is 0 Å². The van der Waals surface area contributed by atoms with E-state index in [2.05, 4.69) is 21.2 Å². The number of hydrogen-bond acceptors (Lipinski definition) is 4. The summed E-state index contributed by atoms with van der Waals surface area (Å²) in [5.41, 5.74) is 2.33. The highest BCUT2D eigenvalue weighted by Crippen LogP contribution is 2.26. The van der Waals surface area contributed by atoms with Crippen molar-refractivity contribution in [1.82, 2.24) is 10.2 Å². The normalized spacial score (nSPS) is 14.7. The van der Waals surface area contributed by atoms with Gasteiger partial charge in [-0.1, -0.05) is 83.2 Å². The van der Waals surface area contributed by atoms with Crippen molar-refractivity contribution in [3.05, 3.63) is 94.5 Å². The molecule has 0 heterocycles. The molecule has 3 aromatic rings. The average molecular weight is 641 g/mol. The van der Waals surface area contributed by atoms with Crippen LogP contribution in [0.4, 0.5) is 5.69 Å². The van der Waals surface area contributed by atoms with Gasteiger partial charge in [0.05, 0.1) is 10.6 Å². The molecular weight excluding hydrogens is 602 g/mol. The zero-order valence-electron chi connectivity index (χ0n) is 23.6. The zero-order valence-corrected chi connectivity index (χ0v) is 26.0. The molecule has 1 aliphatic rings. The molecule has 9 heteroatoms. The lowest BCUT2D eigenvalue weighted by Crippen LogP contribution is -2.53. The van der Waals surface area contributed by atoms with E-state index < -0.39 is 28.5 Å². The van der Waals surface area contributed by atoms with E-state index in [1.807, 2.05) is 37.3 Å². The standard InChI is InChI=1S/C32H38BrN3O4S/c1-24-13-19-30(20-14-24)41(39,40)36(29-17-15-27(33)16-18-29)23-31(37)35(22-21-26-9-5-3-6-10-26)25(2)32(38)34-28-11-7-4-8-12-28/h3,5-6,9-10,13-20,25,28H,4,7-8,11-12,21-23H2,1-2H3,(H,34,38)/t25-/m1/s1. The third-order valence-corrected chi connectivity index (χ3v) is 9.92. The number of amides is 2. The summed E-state index contributed by atoms with van der Waals surface area (Å²) < 4.78 is 29.7. The Hall–Kier alpha value is -3.17. The molecule has 2 amide bonds. The van der Waals surface area contributed by atoms with E-state index in [0.717, 1.165) is 45.6 Å². The predicted octanol–water partition coefficient (Wildman–Crippen LogP) is 5.86. The molecule has 1 aliphatic carbocycles. The van der Waals surface area contributed by atoms with E-state index in [1.54, 1.807) is 55.5 Å². The second kappa shape index (κ2) is 14.1. The third-order valence-electron chi connectivity index (χ3n) is 7.61. The summed E-state index contributed by atoms with van der Waals surface area (Å²) in [6.07, 6.45) is 5.73. The van der Waals surface area contributed by atoms with Crippen molar-refractivity contribution in [3.8, 4) is 0 Å². The summed E-state index contributed by atoms with van der Waals surface area (Å²) in [7, 11) is -4.08. The lowest BCUT2D eigenvalue weighted by atomic mass is 9.95. The molecule has 1 fully saturated rings. The van der Waals surface area contributed by atoms with E-state index in [9.17, 15) is 18.0 Å². The molecule has 7 nitrogen and oxygen atoms in total. The van der Waals surface area contributed by atoms with Gasteiger partial charge in [0, 0.05) is 17.1 Å². The van der Waals surface area contributed by atoms with Gasteiger partial charge in [-0.15, -0.1) is 0 Å². The summed E-state index contributed by atoms with van der Waals surface area (Å²) in [6.45, 7) is 3.45. The van der Waals surface area contributed by atoms with Crippen LogP contribution in [0.3, 0.4) is 0 Å². The molecule has 0 unspecified atom stereocenters. The van der Waals surface area contributed by atoms with E-state index in [1.165, 1.54) is 11.3 Å². The number of halogens is 1. The molecule has 218 valence electrons. The minimum atomic E-state index is -4.08. The van der Waals surface area contributed by atoms with Gasteiger partial charge in [0.15, 0.2) is 0 Å². The van der Waals surface area contributed by atoms with E-state index in [4.69, 9.17) is 0 Å². The Labute approximate surface area is 252 Å². The fourth-order valence-electron chi connectivity index (χ4n) is 5.11. The summed E-state index contributed by atoms with van der Waals surface area (Å²) in [6, 6.07) is 22.5. The number of hydrogen-bond donors (Lipinski definition) is 1. The van der Waals surface area contributed by atoms with Crippen LogP contribution in [0.5, 0.6) is 0 Å². The van der Waals surface area contributed by atoms with Crippen LogP contribution in [0.15, 0.2) is 88.2 Å². The first-order valence-electron chi connectivity index (χ1n) is 14.1. The van der Waals surface area contributed by atoms with E-state index in [-0.39, 0.29) is 23.4 Å². The van der Waals surface area contributed by atoms with Crippen molar-refractivity contribution >= 4 is 43.5 Å². The highest BCUT2D eigenvalue weighted by molar-refractivity contribution is 9.10. The largest absolute Gasteiger partial charge is 0.352 e. The highest BCUT2D eigenvalue weighted by Gasteiger charge is 2.33. The van der Waals surface area contributed by atoms with Crippen LogP contribution in [-0.2, 0) is 26.0 Å². The number of anilines is 1. The van der Waals surface area contributed by atoms with Crippen molar-refractivity contribution in [3.63, 3.8) is 0 Å². The van der Waals surface area contributed by atoms with Gasteiger partial charge in [-0.2, -0.15) is 0 Å². The van der Waals surface area contributed by atoms with Gasteiger partial charge in [-0.3, -0.25) is 13.9 Å². The predicted molar refractivity (Wildman–Crippen MR) is 166 cm³/mol. The Morgan fingerprint density at radius 3 is 2.20 bits per heavy atom. The maximum absolute atomic E-state index is 14.0. The minimum absolute atomic E-state index is 0.0951. The lowest BCUT2D eigenvalue weighted by molar-refractivity contribution is -0.139. The summed E-state index contributed by atoms with van der Waals surface area (Å²) in [4.78, 5) is 29.0. The molecule has 1 atom stereocenters. The van der Waals surface area contributed by atoms with Crippen LogP contribution < -0.4 is 9.62 Å². The maximum Gasteiger partial charge on any atom is 0.264 e. The summed E-state index contributed by atoms with van der Waals surface area (Å²) in [5, 5.41) is 3.13. The van der Waals surface area contributed by atoms with Crippen molar-refractivity contribution in [2.45, 2.75) is 69.4 Å². The number of nitrogens with one attached hydrogen (secondary N) is 1. The first-order valence-corrected chi connectivity index (χ1v) is 16.4. The van der Waals surface area contributed by atoms with Crippen molar-refractivity contribution in [2.24, 2.45) is 0 Å². The number of rotatable bonds is 11. The van der Waals surface area contributed by atoms with Crippen LogP contribution >= 0.6 is 15.9 Å². The van der Waals surface area contributed by atoms with Crippen LogP contribution in [0.1, 0.15) is 50.2 Å². The fraction of sp³-hybridized carbons (Fsp3) is 0.375. The quantitative estimate of drug-likeness (QED) is 0.285. The Bertz CT molecular complexity index is 1410. The van der Waals surface area contributed by atoms with Crippen LogP contribution in [0.25, 0.3) is 0 Å². The minimum Gasteiger partial charge on any atom is -0.352 e. The van der Waals surface area contributed by atoms with Gasteiger partial charge in [0.2, 0.25) is 11.8 Å². The second-order valence-corrected chi connectivity index (χ2v) is 13.4. The molecule has 1 saturated carbocycles. The van der Waals surface area contributed by atoms with Crippen LogP contribution in [0, 0.1) is 6.92 Å². The lowest BCUT2D eigenvalue weighted by Gasteiger charge is -2.33. The van der Waals surface area contributed by atoms with Gasteiger partial charge in [0.1, 0.15) is 12.6 Å². The van der Waals surface area contributed by atoms with Crippen LogP contribution in [0.2, 0.25) is 0 Å². The summed E-state index contributed by atoms with van der Waals surface area (Å²) in [5.74, 6) is -0.652. The van der Waals surface area contributed by atoms with Gasteiger partial charge in [-0.25, -0.2) is 8.42 Å². The molecule has 0 radical (unpaired) electrons. The van der Waals surface area contributed by atoms with Gasteiger partial charge >= 0.3 is 0 Å². The molecule has 1 N–H and O–H groups in total. The molecule has 4 rings (SSSR count). The molecule has 0 aliphatic heterocycles. The van der Waals surface area contributed by atoms with Crippen LogP contribution in [-0.4, -0.2) is 50.3 Å². The van der Waals surface area contributed by atoms with Gasteiger partial charge in [0.25, 0.3) is 10.0 Å². The van der Waals surface area contributed by atoms with Gasteiger partial charge in [-0.05, 0) is 75.1 Å². The smallest absolute Gasteiger partial charge is 0.264 e. The van der Waals surface area contributed by atoms with Crippen molar-refractivity contribution in [1.29, 1.82) is 0 Å². The van der Waals surface area contributed by atoms with E-state index in [0.29, 0.717) is 12.1 Å². The molecule has 0 spiro atoms. The Morgan fingerprint density at radius 2 is 1.56 bits per heavy atom. The number of sulfonamides is 1. The Balaban J connectivity index is 1.63. The number of aryl methyl sites for hydroxylation is 1. The van der Waals surface area contributed by atoms with Gasteiger partial charge < -0.3 is 10.2 Å². The second-order valence-electron chi connectivity index (χ2n) is 10.6. The molecule has 41 heavy (non-hydrogen) atoms. The SMILES string of the molecule is Cc1ccc(S(=O)(=O)N(CC(=O)N(CCc2ccccc2)[C@H](C)C(=O)NC2CCCCC2)c2ccc(Br)cc2)cc1. The molecule has 0 aromatic heterocycles. The topological polar surface area (TPSA) is 86.8 Å². The number of nitrogens with zero attached hydrogens (tertiary/aromatic N) is 2. The Morgan fingerprint density at radius 1 is 0.927 bits per heavy atom.